The van der Waals surface area contributed by atoms with Gasteiger partial charge in [-0.1, -0.05) is 28.9 Å². The summed E-state index contributed by atoms with van der Waals surface area (Å²) in [4.78, 5) is 11.5. The van der Waals surface area contributed by atoms with Gasteiger partial charge in [-0.2, -0.15) is 0 Å². The van der Waals surface area contributed by atoms with Crippen molar-refractivity contribution in [3.8, 4) is 0 Å². The van der Waals surface area contributed by atoms with E-state index < -0.39 is 9.84 Å². The van der Waals surface area contributed by atoms with Crippen LogP contribution in [0.1, 0.15) is 13.3 Å². The van der Waals surface area contributed by atoms with Crippen molar-refractivity contribution in [1.82, 2.24) is 0 Å². The minimum Gasteiger partial charge on any atom is -0.325 e. The van der Waals surface area contributed by atoms with Gasteiger partial charge in [0, 0.05) is 11.9 Å². The van der Waals surface area contributed by atoms with Gasteiger partial charge in [0.05, 0.1) is 9.72 Å². The van der Waals surface area contributed by atoms with Crippen LogP contribution in [0.3, 0.4) is 0 Å². The molecule has 0 fully saturated rings. The van der Waals surface area contributed by atoms with Crippen molar-refractivity contribution in [3.05, 3.63) is 24.3 Å². The third-order valence-corrected chi connectivity index (χ3v) is 4.35. The average molecular weight is 320 g/mol. The molecule has 0 radical (unpaired) electrons. The van der Waals surface area contributed by atoms with Crippen molar-refractivity contribution in [2.75, 3.05) is 11.6 Å². The summed E-state index contributed by atoms with van der Waals surface area (Å²) in [5.74, 6) is -0.182. The Hall–Kier alpha value is -0.880. The Balaban J connectivity index is 2.91. The lowest BCUT2D eigenvalue weighted by atomic mass is 10.3. The molecule has 0 spiro atoms. The first-order valence-electron chi connectivity index (χ1n) is 5.09. The fourth-order valence-electron chi connectivity index (χ4n) is 1.21. The highest BCUT2D eigenvalue weighted by Gasteiger charge is 2.13. The van der Waals surface area contributed by atoms with E-state index in [2.05, 4.69) is 21.2 Å². The number of halogens is 1. The van der Waals surface area contributed by atoms with Gasteiger partial charge in [-0.05, 0) is 24.6 Å². The maximum atomic E-state index is 11.6. The first kappa shape index (κ1) is 14.2. The fraction of sp³-hybridized carbons (Fsp3) is 0.364. The molecule has 1 amide bonds. The van der Waals surface area contributed by atoms with Gasteiger partial charge >= 0.3 is 0 Å². The number of hydrogen-bond donors (Lipinski definition) is 1. The SMILES string of the molecule is CCC(Br)C(=O)Nc1cccc(S(C)(=O)=O)c1. The number of carbonyl (C=O) groups excluding carboxylic acids is 1. The highest BCUT2D eigenvalue weighted by Crippen LogP contribution is 2.16. The van der Waals surface area contributed by atoms with Crippen molar-refractivity contribution in [2.45, 2.75) is 23.1 Å². The van der Waals surface area contributed by atoms with Crippen LogP contribution in [0.2, 0.25) is 0 Å². The van der Waals surface area contributed by atoms with Crippen LogP contribution in [0.25, 0.3) is 0 Å². The molecule has 1 aromatic carbocycles. The molecule has 1 aromatic rings. The first-order valence-corrected chi connectivity index (χ1v) is 7.90. The van der Waals surface area contributed by atoms with E-state index in [1.165, 1.54) is 12.1 Å². The van der Waals surface area contributed by atoms with Crippen molar-refractivity contribution in [3.63, 3.8) is 0 Å². The number of anilines is 1. The van der Waals surface area contributed by atoms with Gasteiger partial charge in [0.15, 0.2) is 9.84 Å². The first-order chi connectivity index (χ1) is 7.84. The Kier molecular flexibility index (Phi) is 4.70. The molecule has 0 aliphatic heterocycles. The van der Waals surface area contributed by atoms with Gasteiger partial charge < -0.3 is 5.32 Å². The Labute approximate surface area is 109 Å². The molecule has 94 valence electrons. The molecule has 1 atom stereocenters. The van der Waals surface area contributed by atoms with Crippen LogP contribution in [0.5, 0.6) is 0 Å². The Bertz CT molecular complexity index is 513. The van der Waals surface area contributed by atoms with E-state index in [0.717, 1.165) is 6.26 Å². The monoisotopic (exact) mass is 319 g/mol. The minimum absolute atomic E-state index is 0.182. The molecule has 1 rings (SSSR count). The summed E-state index contributed by atoms with van der Waals surface area (Å²) in [6, 6.07) is 6.20. The van der Waals surface area contributed by atoms with Crippen molar-refractivity contribution in [1.29, 1.82) is 0 Å². The Morgan fingerprint density at radius 2 is 2.12 bits per heavy atom. The molecule has 1 unspecified atom stereocenters. The van der Waals surface area contributed by atoms with E-state index in [4.69, 9.17) is 0 Å². The summed E-state index contributed by atoms with van der Waals surface area (Å²) >= 11 is 3.23. The average Bonchev–Trinajstić information content (AvgIpc) is 2.27. The maximum Gasteiger partial charge on any atom is 0.238 e. The predicted octanol–water partition coefficient (Wildman–Crippen LogP) is 2.20. The zero-order valence-corrected chi connectivity index (χ0v) is 12.0. The second kappa shape index (κ2) is 5.64. The molecular weight excluding hydrogens is 306 g/mol. The number of alkyl halides is 1. The van der Waals surface area contributed by atoms with E-state index in [0.29, 0.717) is 12.1 Å². The fourth-order valence-corrected chi connectivity index (χ4v) is 1.99. The third kappa shape index (κ3) is 4.12. The largest absolute Gasteiger partial charge is 0.325 e. The molecule has 0 aliphatic rings. The summed E-state index contributed by atoms with van der Waals surface area (Å²) in [5.41, 5.74) is 0.482. The topological polar surface area (TPSA) is 63.2 Å². The zero-order valence-electron chi connectivity index (χ0n) is 9.60. The molecule has 0 heterocycles. The molecule has 1 N–H and O–H groups in total. The molecule has 0 aromatic heterocycles. The quantitative estimate of drug-likeness (QED) is 0.865. The highest BCUT2D eigenvalue weighted by molar-refractivity contribution is 9.10. The second-order valence-electron chi connectivity index (χ2n) is 3.67. The van der Waals surface area contributed by atoms with Gasteiger partial charge in [0.1, 0.15) is 0 Å². The van der Waals surface area contributed by atoms with Crippen LogP contribution in [-0.4, -0.2) is 25.4 Å². The van der Waals surface area contributed by atoms with Gasteiger partial charge in [0.25, 0.3) is 0 Å². The van der Waals surface area contributed by atoms with E-state index in [1.807, 2.05) is 6.92 Å². The van der Waals surface area contributed by atoms with E-state index in [9.17, 15) is 13.2 Å². The Morgan fingerprint density at radius 1 is 1.47 bits per heavy atom. The van der Waals surface area contributed by atoms with Crippen LogP contribution < -0.4 is 5.32 Å². The van der Waals surface area contributed by atoms with Crippen LogP contribution in [0.15, 0.2) is 29.2 Å². The number of sulfone groups is 1. The lowest BCUT2D eigenvalue weighted by molar-refractivity contribution is -0.115. The van der Waals surface area contributed by atoms with Gasteiger partial charge in [0.2, 0.25) is 5.91 Å². The van der Waals surface area contributed by atoms with Gasteiger partial charge in [-0.25, -0.2) is 8.42 Å². The molecular formula is C11H14BrNO3S. The zero-order chi connectivity index (χ0) is 13.1. The lowest BCUT2D eigenvalue weighted by Crippen LogP contribution is -2.22. The summed E-state index contributed by atoms with van der Waals surface area (Å²) in [6.45, 7) is 1.88. The van der Waals surface area contributed by atoms with Gasteiger partial charge in [-0.3, -0.25) is 4.79 Å². The number of benzene rings is 1. The number of rotatable bonds is 4. The highest BCUT2D eigenvalue weighted by atomic mass is 79.9. The van der Waals surface area contributed by atoms with Crippen molar-refractivity contribution < 1.29 is 13.2 Å². The molecule has 4 nitrogen and oxygen atoms in total. The minimum atomic E-state index is -3.25. The summed E-state index contributed by atoms with van der Waals surface area (Å²) in [7, 11) is -3.25. The molecule has 6 heteroatoms. The summed E-state index contributed by atoms with van der Waals surface area (Å²) in [5, 5.41) is 2.65. The third-order valence-electron chi connectivity index (χ3n) is 2.17. The maximum absolute atomic E-state index is 11.6. The van der Waals surface area contributed by atoms with Crippen LogP contribution in [0.4, 0.5) is 5.69 Å². The number of hydrogen-bond acceptors (Lipinski definition) is 3. The predicted molar refractivity (Wildman–Crippen MR) is 71.2 cm³/mol. The van der Waals surface area contributed by atoms with Crippen LogP contribution in [-0.2, 0) is 14.6 Å². The second-order valence-corrected chi connectivity index (χ2v) is 6.79. The normalized spacial score (nSPS) is 13.1. The summed E-state index contributed by atoms with van der Waals surface area (Å²) in [6.07, 6.45) is 1.80. The summed E-state index contributed by atoms with van der Waals surface area (Å²) < 4.78 is 22.7. The van der Waals surface area contributed by atoms with E-state index in [-0.39, 0.29) is 15.6 Å². The van der Waals surface area contributed by atoms with Gasteiger partial charge in [-0.15, -0.1) is 0 Å². The van der Waals surface area contributed by atoms with Crippen LogP contribution in [0, 0.1) is 0 Å². The Morgan fingerprint density at radius 3 is 2.65 bits per heavy atom. The standard InChI is InChI=1S/C11H14BrNO3S/c1-3-10(12)11(14)13-8-5-4-6-9(7-8)17(2,15)16/h4-7,10H,3H2,1-2H3,(H,13,14). The van der Waals surface area contributed by atoms with Crippen molar-refractivity contribution >= 4 is 37.4 Å². The number of nitrogens with one attached hydrogen (secondary N) is 1. The molecule has 0 bridgehead atoms. The molecule has 0 saturated heterocycles. The van der Waals surface area contributed by atoms with E-state index >= 15 is 0 Å². The number of carbonyl (C=O) groups is 1. The lowest BCUT2D eigenvalue weighted by Gasteiger charge is -2.09. The van der Waals surface area contributed by atoms with Crippen molar-refractivity contribution in [2.24, 2.45) is 0 Å². The molecule has 0 aliphatic carbocycles. The van der Waals surface area contributed by atoms with E-state index in [1.54, 1.807) is 12.1 Å². The smallest absolute Gasteiger partial charge is 0.238 e. The number of amides is 1. The molecule has 17 heavy (non-hydrogen) atoms. The molecule has 0 saturated carbocycles. The van der Waals surface area contributed by atoms with Crippen LogP contribution >= 0.6 is 15.9 Å².